The molecule has 1 atom stereocenters. The molecule has 2 aromatic rings. The fraction of sp³-hybridized carbons (Fsp3) is 0.353. The summed E-state index contributed by atoms with van der Waals surface area (Å²) in [6, 6.07) is 11.6. The van der Waals surface area contributed by atoms with Crippen LogP contribution in [0.1, 0.15) is 5.69 Å². The largest absolute Gasteiger partial charge is 0.491 e. The molecule has 1 N–H and O–H groups in total. The first kappa shape index (κ1) is 16.4. The number of aliphatic hydroxyl groups excluding tert-OH is 1. The second kappa shape index (κ2) is 8.46. The number of hydrogen-bond acceptors (Lipinski definition) is 4. The molecule has 0 amide bonds. The highest BCUT2D eigenvalue weighted by Crippen LogP contribution is 2.11. The smallest absolute Gasteiger partial charge is 0.123 e. The molecule has 1 heterocycles. The van der Waals surface area contributed by atoms with Gasteiger partial charge in [-0.3, -0.25) is 4.98 Å². The van der Waals surface area contributed by atoms with Gasteiger partial charge in [0.15, 0.2) is 0 Å². The monoisotopic (exact) mass is 304 g/mol. The third-order valence-corrected chi connectivity index (χ3v) is 3.25. The zero-order valence-electron chi connectivity index (χ0n) is 12.7. The van der Waals surface area contributed by atoms with Crippen LogP contribution in [0.5, 0.6) is 5.75 Å². The second-order valence-corrected chi connectivity index (χ2v) is 5.25. The maximum absolute atomic E-state index is 12.8. The number of benzene rings is 1. The lowest BCUT2D eigenvalue weighted by atomic mass is 10.2. The molecule has 0 spiro atoms. The van der Waals surface area contributed by atoms with Crippen LogP contribution >= 0.6 is 0 Å². The van der Waals surface area contributed by atoms with Gasteiger partial charge in [-0.25, -0.2) is 4.39 Å². The molecule has 5 heteroatoms. The van der Waals surface area contributed by atoms with Gasteiger partial charge in [0.05, 0.1) is 0 Å². The molecule has 4 nitrogen and oxygen atoms in total. The Morgan fingerprint density at radius 3 is 2.68 bits per heavy atom. The van der Waals surface area contributed by atoms with Gasteiger partial charge in [0.1, 0.15) is 24.3 Å². The van der Waals surface area contributed by atoms with E-state index in [4.69, 9.17) is 4.74 Å². The van der Waals surface area contributed by atoms with Crippen molar-refractivity contribution in [2.45, 2.75) is 12.5 Å². The first-order valence-electron chi connectivity index (χ1n) is 7.28. The van der Waals surface area contributed by atoms with Crippen molar-refractivity contribution >= 4 is 0 Å². The topological polar surface area (TPSA) is 45.6 Å². The molecular formula is C17H21FN2O2. The van der Waals surface area contributed by atoms with Crippen molar-refractivity contribution in [2.75, 3.05) is 26.7 Å². The summed E-state index contributed by atoms with van der Waals surface area (Å²) in [5, 5.41) is 9.98. The Hall–Kier alpha value is -1.98. The summed E-state index contributed by atoms with van der Waals surface area (Å²) in [6.07, 6.45) is 2.02. The SMILES string of the molecule is CN(CCc1ccccn1)CC(O)COc1ccc(F)cc1. The van der Waals surface area contributed by atoms with E-state index in [9.17, 15) is 9.50 Å². The predicted molar refractivity (Wildman–Crippen MR) is 83.3 cm³/mol. The Bertz CT molecular complexity index is 548. The van der Waals surface area contributed by atoms with E-state index in [1.807, 2.05) is 30.1 Å². The van der Waals surface area contributed by atoms with Gasteiger partial charge < -0.3 is 14.7 Å². The summed E-state index contributed by atoms with van der Waals surface area (Å²) in [5.74, 6) is 0.249. The van der Waals surface area contributed by atoms with Crippen molar-refractivity contribution in [1.82, 2.24) is 9.88 Å². The molecule has 0 radical (unpaired) electrons. The van der Waals surface area contributed by atoms with Crippen LogP contribution in [0.3, 0.4) is 0 Å². The van der Waals surface area contributed by atoms with E-state index in [2.05, 4.69) is 4.98 Å². The Morgan fingerprint density at radius 2 is 2.00 bits per heavy atom. The van der Waals surface area contributed by atoms with Gasteiger partial charge >= 0.3 is 0 Å². The molecule has 1 aromatic heterocycles. The van der Waals surface area contributed by atoms with Gasteiger partial charge in [-0.05, 0) is 43.4 Å². The highest BCUT2D eigenvalue weighted by molar-refractivity contribution is 5.22. The third-order valence-electron chi connectivity index (χ3n) is 3.25. The minimum atomic E-state index is -0.598. The summed E-state index contributed by atoms with van der Waals surface area (Å²) >= 11 is 0. The number of nitrogens with zero attached hydrogens (tertiary/aromatic N) is 2. The summed E-state index contributed by atoms with van der Waals surface area (Å²) in [7, 11) is 1.95. The van der Waals surface area contributed by atoms with E-state index < -0.39 is 6.10 Å². The second-order valence-electron chi connectivity index (χ2n) is 5.25. The van der Waals surface area contributed by atoms with E-state index >= 15 is 0 Å². The molecule has 0 bridgehead atoms. The van der Waals surface area contributed by atoms with Gasteiger partial charge in [-0.1, -0.05) is 6.07 Å². The first-order chi connectivity index (χ1) is 10.6. The predicted octanol–water partition coefficient (Wildman–Crippen LogP) is 2.13. The van der Waals surface area contributed by atoms with E-state index in [0.29, 0.717) is 12.3 Å². The van der Waals surface area contributed by atoms with E-state index in [0.717, 1.165) is 18.7 Å². The average molecular weight is 304 g/mol. The molecule has 0 fully saturated rings. The van der Waals surface area contributed by atoms with Gasteiger partial charge in [0.2, 0.25) is 0 Å². The van der Waals surface area contributed by atoms with Crippen molar-refractivity contribution in [2.24, 2.45) is 0 Å². The number of aromatic nitrogens is 1. The van der Waals surface area contributed by atoms with Crippen molar-refractivity contribution in [3.05, 3.63) is 60.2 Å². The first-order valence-corrected chi connectivity index (χ1v) is 7.28. The zero-order valence-corrected chi connectivity index (χ0v) is 12.7. The lowest BCUT2D eigenvalue weighted by Crippen LogP contribution is -2.34. The quantitative estimate of drug-likeness (QED) is 0.811. The minimum absolute atomic E-state index is 0.180. The maximum atomic E-state index is 12.8. The van der Waals surface area contributed by atoms with E-state index in [1.165, 1.54) is 12.1 Å². The molecule has 1 aromatic carbocycles. The third kappa shape index (κ3) is 5.79. The van der Waals surface area contributed by atoms with Crippen molar-refractivity contribution in [3.8, 4) is 5.75 Å². The van der Waals surface area contributed by atoms with Crippen LogP contribution in [0.15, 0.2) is 48.7 Å². The van der Waals surface area contributed by atoms with Crippen LogP contribution in [0.4, 0.5) is 4.39 Å². The van der Waals surface area contributed by atoms with Crippen LogP contribution in [0.2, 0.25) is 0 Å². The minimum Gasteiger partial charge on any atom is -0.491 e. The highest BCUT2D eigenvalue weighted by Gasteiger charge is 2.09. The van der Waals surface area contributed by atoms with Crippen LogP contribution < -0.4 is 4.74 Å². The number of ether oxygens (including phenoxy) is 1. The molecule has 22 heavy (non-hydrogen) atoms. The summed E-state index contributed by atoms with van der Waals surface area (Å²) < 4.78 is 18.2. The van der Waals surface area contributed by atoms with Gasteiger partial charge in [0, 0.05) is 31.4 Å². The Labute approximate surface area is 130 Å². The molecule has 0 saturated carbocycles. The van der Waals surface area contributed by atoms with Crippen molar-refractivity contribution in [1.29, 1.82) is 0 Å². The lowest BCUT2D eigenvalue weighted by Gasteiger charge is -2.20. The number of halogens is 1. The number of likely N-dealkylation sites (N-methyl/N-ethyl adjacent to an activating group) is 1. The van der Waals surface area contributed by atoms with Crippen LogP contribution in [0.25, 0.3) is 0 Å². The standard InChI is InChI=1S/C17H21FN2O2/c1-20(11-9-15-4-2-3-10-19-15)12-16(21)13-22-17-7-5-14(18)6-8-17/h2-8,10,16,21H,9,11-13H2,1H3. The number of hydrogen-bond donors (Lipinski definition) is 1. The van der Waals surface area contributed by atoms with Crippen molar-refractivity contribution < 1.29 is 14.2 Å². The van der Waals surface area contributed by atoms with Crippen LogP contribution in [-0.4, -0.2) is 47.8 Å². The Morgan fingerprint density at radius 1 is 1.23 bits per heavy atom. The van der Waals surface area contributed by atoms with Crippen LogP contribution in [0, 0.1) is 5.82 Å². The molecule has 2 rings (SSSR count). The van der Waals surface area contributed by atoms with Gasteiger partial charge in [-0.15, -0.1) is 0 Å². The molecule has 118 valence electrons. The number of rotatable bonds is 8. The molecule has 0 saturated heterocycles. The van der Waals surface area contributed by atoms with Gasteiger partial charge in [0.25, 0.3) is 0 Å². The van der Waals surface area contributed by atoms with E-state index in [-0.39, 0.29) is 12.4 Å². The Balaban J connectivity index is 1.67. The Kier molecular flexibility index (Phi) is 6.30. The molecule has 0 aliphatic rings. The van der Waals surface area contributed by atoms with Gasteiger partial charge in [-0.2, -0.15) is 0 Å². The molecule has 1 unspecified atom stereocenters. The summed E-state index contributed by atoms with van der Waals surface area (Å²) in [5.41, 5.74) is 1.03. The normalized spacial score (nSPS) is 12.4. The molecule has 0 aliphatic carbocycles. The summed E-state index contributed by atoms with van der Waals surface area (Å²) in [4.78, 5) is 6.30. The summed E-state index contributed by atoms with van der Waals surface area (Å²) in [6.45, 7) is 1.50. The number of pyridine rings is 1. The lowest BCUT2D eigenvalue weighted by molar-refractivity contribution is 0.0766. The van der Waals surface area contributed by atoms with Crippen molar-refractivity contribution in [3.63, 3.8) is 0 Å². The molecule has 0 aliphatic heterocycles. The molecular weight excluding hydrogens is 283 g/mol. The highest BCUT2D eigenvalue weighted by atomic mass is 19.1. The fourth-order valence-corrected chi connectivity index (χ4v) is 2.08. The average Bonchev–Trinajstić information content (AvgIpc) is 2.53. The number of aliphatic hydroxyl groups is 1. The van der Waals surface area contributed by atoms with E-state index in [1.54, 1.807) is 18.3 Å². The van der Waals surface area contributed by atoms with Crippen LogP contribution in [-0.2, 0) is 6.42 Å². The fourth-order valence-electron chi connectivity index (χ4n) is 2.08. The zero-order chi connectivity index (χ0) is 15.8. The maximum Gasteiger partial charge on any atom is 0.123 e.